The molecule has 10 heteroatoms. The van der Waals surface area contributed by atoms with Gasteiger partial charge in [-0.3, -0.25) is 9.88 Å². The average Bonchev–Trinajstić information content (AvgIpc) is 3.39. The number of ether oxygens (including phenoxy) is 1. The van der Waals surface area contributed by atoms with E-state index in [0.717, 1.165) is 24.3 Å². The summed E-state index contributed by atoms with van der Waals surface area (Å²) in [7, 11) is 0. The highest BCUT2D eigenvalue weighted by molar-refractivity contribution is 5.85. The van der Waals surface area contributed by atoms with Crippen molar-refractivity contribution in [1.29, 1.82) is 5.26 Å². The fourth-order valence-corrected chi connectivity index (χ4v) is 5.25. The SMILES string of the molecule is Cl.N#CC1(c2ccc(-c3ccc([C@@H]4CN(Cn5ccnn5)CO4)cc3F)cn2)C2CNCC21. The molecular formula is C23H23ClFN7O. The van der Waals surface area contributed by atoms with E-state index in [4.69, 9.17) is 4.74 Å². The van der Waals surface area contributed by atoms with Gasteiger partial charge in [0.05, 0.1) is 30.7 Å². The summed E-state index contributed by atoms with van der Waals surface area (Å²) in [6.45, 7) is 3.41. The number of pyridine rings is 1. The molecule has 170 valence electrons. The van der Waals surface area contributed by atoms with Crippen LogP contribution in [0, 0.1) is 29.0 Å². The first-order chi connectivity index (χ1) is 15.7. The van der Waals surface area contributed by atoms with Gasteiger partial charge in [0.2, 0.25) is 0 Å². The van der Waals surface area contributed by atoms with Crippen LogP contribution in [0.5, 0.6) is 0 Å². The largest absolute Gasteiger partial charge is 0.357 e. The predicted molar refractivity (Wildman–Crippen MR) is 119 cm³/mol. The molecule has 0 radical (unpaired) electrons. The second-order valence-corrected chi connectivity index (χ2v) is 8.75. The second kappa shape index (κ2) is 8.47. The van der Waals surface area contributed by atoms with E-state index in [2.05, 4.69) is 31.6 Å². The molecule has 6 rings (SSSR count). The Bertz CT molecular complexity index is 1170. The maximum absolute atomic E-state index is 15.0. The third-order valence-electron chi connectivity index (χ3n) is 7.02. The number of hydrogen-bond donors (Lipinski definition) is 1. The first-order valence-corrected chi connectivity index (χ1v) is 10.8. The van der Waals surface area contributed by atoms with Crippen LogP contribution in [0.4, 0.5) is 4.39 Å². The van der Waals surface area contributed by atoms with E-state index in [1.165, 1.54) is 0 Å². The van der Waals surface area contributed by atoms with Gasteiger partial charge < -0.3 is 10.1 Å². The molecule has 2 aromatic heterocycles. The Balaban J connectivity index is 0.00000228. The van der Waals surface area contributed by atoms with E-state index < -0.39 is 5.41 Å². The van der Waals surface area contributed by atoms with Crippen molar-refractivity contribution in [2.24, 2.45) is 11.8 Å². The van der Waals surface area contributed by atoms with Crippen molar-refractivity contribution < 1.29 is 9.13 Å². The van der Waals surface area contributed by atoms with Gasteiger partial charge in [-0.05, 0) is 17.7 Å². The van der Waals surface area contributed by atoms with Crippen LogP contribution in [0.25, 0.3) is 11.1 Å². The Morgan fingerprint density at radius 1 is 1.24 bits per heavy atom. The van der Waals surface area contributed by atoms with Gasteiger partial charge in [-0.25, -0.2) is 9.07 Å². The van der Waals surface area contributed by atoms with Crippen LogP contribution in [-0.4, -0.2) is 51.2 Å². The van der Waals surface area contributed by atoms with Gasteiger partial charge in [0.25, 0.3) is 0 Å². The van der Waals surface area contributed by atoms with Gasteiger partial charge in [0.15, 0.2) is 0 Å². The Kier molecular flexibility index (Phi) is 5.62. The first kappa shape index (κ1) is 21.9. The maximum Gasteiger partial charge on any atom is 0.131 e. The van der Waals surface area contributed by atoms with E-state index in [1.54, 1.807) is 35.4 Å². The highest BCUT2D eigenvalue weighted by Gasteiger charge is 2.69. The Labute approximate surface area is 196 Å². The van der Waals surface area contributed by atoms with Gasteiger partial charge >= 0.3 is 0 Å². The first-order valence-electron chi connectivity index (χ1n) is 10.8. The molecule has 0 bridgehead atoms. The summed E-state index contributed by atoms with van der Waals surface area (Å²) in [5, 5.41) is 20.9. The number of benzene rings is 1. The van der Waals surface area contributed by atoms with Crippen LogP contribution in [0.2, 0.25) is 0 Å². The number of nitrogens with one attached hydrogen (secondary N) is 1. The fourth-order valence-electron chi connectivity index (χ4n) is 5.25. The van der Waals surface area contributed by atoms with E-state index in [-0.39, 0.29) is 24.3 Å². The van der Waals surface area contributed by atoms with Gasteiger partial charge in [-0.1, -0.05) is 23.4 Å². The molecule has 1 saturated carbocycles. The molecule has 0 spiro atoms. The molecule has 4 heterocycles. The van der Waals surface area contributed by atoms with E-state index in [9.17, 15) is 5.26 Å². The van der Waals surface area contributed by atoms with Crippen LogP contribution in [-0.2, 0) is 16.8 Å². The standard InChI is InChI=1S/C23H22FN7O.ClH/c24-20-7-15(21-11-30(14-32-21)13-31-6-5-28-29-31)1-3-17(20)16-2-4-22(27-8-16)23(12-25)18-9-26-10-19(18)23;/h1-8,18-19,21,26H,9-11,13-14H2;1H/t18?,19?,21-,23?;/m0./s1. The third-order valence-corrected chi connectivity index (χ3v) is 7.02. The molecule has 1 aromatic carbocycles. The van der Waals surface area contributed by atoms with Crippen molar-refractivity contribution >= 4 is 12.4 Å². The Morgan fingerprint density at radius 3 is 2.76 bits per heavy atom. The molecule has 0 amide bonds. The fraction of sp³-hybridized carbons (Fsp3) is 0.391. The lowest BCUT2D eigenvalue weighted by Gasteiger charge is -2.15. The minimum Gasteiger partial charge on any atom is -0.357 e. The van der Waals surface area contributed by atoms with Crippen molar-refractivity contribution in [3.8, 4) is 17.2 Å². The highest BCUT2D eigenvalue weighted by atomic mass is 35.5. The summed E-state index contributed by atoms with van der Waals surface area (Å²) < 4.78 is 22.6. The van der Waals surface area contributed by atoms with Gasteiger partial charge in [-0.15, -0.1) is 17.5 Å². The molecule has 2 saturated heterocycles. The van der Waals surface area contributed by atoms with Crippen molar-refractivity contribution in [3.05, 3.63) is 66.0 Å². The molecule has 3 aliphatic rings. The zero-order chi connectivity index (χ0) is 21.7. The van der Waals surface area contributed by atoms with Gasteiger partial charge in [0, 0.05) is 55.0 Å². The summed E-state index contributed by atoms with van der Waals surface area (Å²) >= 11 is 0. The summed E-state index contributed by atoms with van der Waals surface area (Å²) in [5.74, 6) is 0.354. The van der Waals surface area contributed by atoms with E-state index in [1.807, 2.05) is 18.2 Å². The van der Waals surface area contributed by atoms with Crippen molar-refractivity contribution in [1.82, 2.24) is 30.2 Å². The zero-order valence-corrected chi connectivity index (χ0v) is 18.6. The topological polar surface area (TPSA) is 91.9 Å². The quantitative estimate of drug-likeness (QED) is 0.616. The van der Waals surface area contributed by atoms with Gasteiger partial charge in [-0.2, -0.15) is 5.26 Å². The summed E-state index contributed by atoms with van der Waals surface area (Å²) in [6, 6.07) is 11.5. The molecule has 3 aromatic rings. The molecule has 2 unspecified atom stereocenters. The second-order valence-electron chi connectivity index (χ2n) is 8.75. The van der Waals surface area contributed by atoms with Crippen LogP contribution in [0.3, 0.4) is 0 Å². The maximum atomic E-state index is 15.0. The zero-order valence-electron chi connectivity index (χ0n) is 17.8. The van der Waals surface area contributed by atoms with Crippen molar-refractivity contribution in [2.45, 2.75) is 18.2 Å². The number of aromatic nitrogens is 4. The lowest BCUT2D eigenvalue weighted by atomic mass is 9.95. The van der Waals surface area contributed by atoms with Gasteiger partial charge in [0.1, 0.15) is 18.0 Å². The number of halogens is 2. The number of nitrogens with zero attached hydrogens (tertiary/aromatic N) is 6. The lowest BCUT2D eigenvalue weighted by molar-refractivity contribution is 0.0797. The van der Waals surface area contributed by atoms with Crippen LogP contribution in [0.15, 0.2) is 48.9 Å². The molecule has 33 heavy (non-hydrogen) atoms. The number of piperidine rings is 1. The number of hydrogen-bond acceptors (Lipinski definition) is 7. The van der Waals surface area contributed by atoms with Crippen LogP contribution >= 0.6 is 12.4 Å². The monoisotopic (exact) mass is 467 g/mol. The molecule has 3 atom stereocenters. The summed E-state index contributed by atoms with van der Waals surface area (Å²) in [5.41, 5.74) is 2.32. The molecule has 1 aliphatic carbocycles. The number of fused-ring (bicyclic) bond motifs is 1. The lowest BCUT2D eigenvalue weighted by Crippen LogP contribution is -2.24. The average molecular weight is 468 g/mol. The van der Waals surface area contributed by atoms with Crippen LogP contribution < -0.4 is 5.32 Å². The summed E-state index contributed by atoms with van der Waals surface area (Å²) in [4.78, 5) is 6.65. The molecule has 3 fully saturated rings. The number of rotatable bonds is 5. The third kappa shape index (κ3) is 3.60. The van der Waals surface area contributed by atoms with E-state index >= 15 is 4.39 Å². The van der Waals surface area contributed by atoms with Crippen LogP contribution in [0.1, 0.15) is 17.4 Å². The Hall–Kier alpha value is -2.90. The summed E-state index contributed by atoms with van der Waals surface area (Å²) in [6.07, 6.45) is 4.92. The molecule has 8 nitrogen and oxygen atoms in total. The van der Waals surface area contributed by atoms with E-state index in [0.29, 0.717) is 42.9 Å². The highest BCUT2D eigenvalue weighted by Crippen LogP contribution is 2.60. The Morgan fingerprint density at radius 2 is 2.09 bits per heavy atom. The predicted octanol–water partition coefficient (Wildman–Crippen LogP) is 2.50. The minimum absolute atomic E-state index is 0. The number of nitriles is 1. The van der Waals surface area contributed by atoms with Crippen molar-refractivity contribution in [3.63, 3.8) is 0 Å². The normalized spacial score (nSPS) is 28.2. The minimum atomic E-state index is -0.482. The molecule has 1 N–H and O–H groups in total. The molecular weight excluding hydrogens is 445 g/mol. The molecule has 2 aliphatic heterocycles. The smallest absolute Gasteiger partial charge is 0.131 e. The van der Waals surface area contributed by atoms with Crippen molar-refractivity contribution in [2.75, 3.05) is 26.4 Å².